The summed E-state index contributed by atoms with van der Waals surface area (Å²) in [4.78, 5) is 2.58. The molecule has 2 aliphatic rings. The lowest BCUT2D eigenvalue weighted by Crippen LogP contribution is -2.44. The third-order valence-corrected chi connectivity index (χ3v) is 4.88. The van der Waals surface area contributed by atoms with Gasteiger partial charge in [-0.25, -0.2) is 0 Å². The van der Waals surface area contributed by atoms with Gasteiger partial charge in [0, 0.05) is 13.1 Å². The molecule has 0 aromatic heterocycles. The molecule has 2 aliphatic heterocycles. The second-order valence-corrected chi connectivity index (χ2v) is 6.67. The molecule has 1 N–H and O–H groups in total. The number of ether oxygens (including phenoxy) is 1. The Kier molecular flexibility index (Phi) is 7.29. The van der Waals surface area contributed by atoms with Crippen LogP contribution in [0.5, 0.6) is 5.75 Å². The molecular weight excluding hydrogens is 319 g/mol. The lowest BCUT2D eigenvalue weighted by Gasteiger charge is -2.36. The zero-order valence-corrected chi connectivity index (χ0v) is 14.5. The number of benzene rings is 1. The summed E-state index contributed by atoms with van der Waals surface area (Å²) < 4.78 is 6.12. The van der Waals surface area contributed by atoms with Gasteiger partial charge in [-0.1, -0.05) is 23.7 Å². The van der Waals surface area contributed by atoms with E-state index >= 15 is 0 Å². The lowest BCUT2D eigenvalue weighted by molar-refractivity contribution is 0.0747. The molecule has 0 spiro atoms. The van der Waals surface area contributed by atoms with Crippen molar-refractivity contribution in [1.82, 2.24) is 10.2 Å². The quantitative estimate of drug-likeness (QED) is 0.902. The summed E-state index contributed by atoms with van der Waals surface area (Å²) in [5.74, 6) is 1.68. The largest absolute Gasteiger partial charge is 0.488 e. The number of halogens is 2. The predicted octanol–water partition coefficient (Wildman–Crippen LogP) is 3.60. The van der Waals surface area contributed by atoms with Crippen LogP contribution in [0.1, 0.15) is 25.7 Å². The minimum Gasteiger partial charge on any atom is -0.488 e. The minimum atomic E-state index is 0. The molecule has 2 fully saturated rings. The predicted molar refractivity (Wildman–Crippen MR) is 94.4 cm³/mol. The number of rotatable bonds is 4. The highest BCUT2D eigenvalue weighted by molar-refractivity contribution is 6.32. The van der Waals surface area contributed by atoms with Crippen molar-refractivity contribution in [2.24, 2.45) is 5.92 Å². The van der Waals surface area contributed by atoms with E-state index in [2.05, 4.69) is 10.2 Å². The summed E-state index contributed by atoms with van der Waals surface area (Å²) in [5, 5.41) is 4.16. The van der Waals surface area contributed by atoms with Crippen LogP contribution in [0.3, 0.4) is 0 Å². The number of para-hydroxylation sites is 1. The molecule has 3 nitrogen and oxygen atoms in total. The highest BCUT2D eigenvalue weighted by atomic mass is 35.5. The summed E-state index contributed by atoms with van der Waals surface area (Å²) >= 11 is 6.19. The van der Waals surface area contributed by atoms with Crippen molar-refractivity contribution in [2.45, 2.75) is 31.8 Å². The van der Waals surface area contributed by atoms with E-state index in [0.29, 0.717) is 5.02 Å². The molecule has 0 radical (unpaired) electrons. The van der Waals surface area contributed by atoms with E-state index in [-0.39, 0.29) is 18.5 Å². The Morgan fingerprint density at radius 3 is 2.73 bits per heavy atom. The molecule has 5 heteroatoms. The van der Waals surface area contributed by atoms with Crippen LogP contribution in [0, 0.1) is 5.92 Å². The Labute approximate surface area is 144 Å². The molecule has 124 valence electrons. The molecule has 3 rings (SSSR count). The van der Waals surface area contributed by atoms with Crippen molar-refractivity contribution in [1.29, 1.82) is 0 Å². The third-order valence-electron chi connectivity index (χ3n) is 4.57. The number of hydrogen-bond donors (Lipinski definition) is 1. The zero-order valence-electron chi connectivity index (χ0n) is 13.0. The summed E-state index contributed by atoms with van der Waals surface area (Å²) in [7, 11) is 0. The van der Waals surface area contributed by atoms with Gasteiger partial charge in [-0.3, -0.25) is 4.90 Å². The molecule has 0 bridgehead atoms. The maximum absolute atomic E-state index is 6.19. The third kappa shape index (κ3) is 5.02. The van der Waals surface area contributed by atoms with Gasteiger partial charge in [-0.05, 0) is 63.4 Å². The Bertz CT molecular complexity index is 452. The van der Waals surface area contributed by atoms with Gasteiger partial charge >= 0.3 is 0 Å². The van der Waals surface area contributed by atoms with Crippen molar-refractivity contribution in [3.8, 4) is 5.75 Å². The zero-order chi connectivity index (χ0) is 14.5. The van der Waals surface area contributed by atoms with Crippen LogP contribution in [-0.4, -0.2) is 43.7 Å². The second kappa shape index (κ2) is 8.97. The normalized spacial score (nSPS) is 23.8. The van der Waals surface area contributed by atoms with Crippen molar-refractivity contribution in [2.75, 3.05) is 32.7 Å². The molecule has 1 aromatic carbocycles. The topological polar surface area (TPSA) is 24.5 Å². The van der Waals surface area contributed by atoms with Gasteiger partial charge in [0.15, 0.2) is 0 Å². The SMILES string of the molecule is Cl.Clc1ccccc1OC1CCCN(CC2CCNCC2)C1. The fourth-order valence-corrected chi connectivity index (χ4v) is 3.60. The summed E-state index contributed by atoms with van der Waals surface area (Å²) in [6.07, 6.45) is 5.26. The molecule has 1 unspecified atom stereocenters. The van der Waals surface area contributed by atoms with Gasteiger partial charge in [0.25, 0.3) is 0 Å². The van der Waals surface area contributed by atoms with E-state index < -0.39 is 0 Å². The Hall–Kier alpha value is -0.480. The van der Waals surface area contributed by atoms with E-state index in [4.69, 9.17) is 16.3 Å². The first-order chi connectivity index (χ1) is 10.3. The number of piperidine rings is 2. The molecule has 0 saturated carbocycles. The van der Waals surface area contributed by atoms with Gasteiger partial charge in [0.1, 0.15) is 11.9 Å². The first-order valence-electron chi connectivity index (χ1n) is 8.15. The van der Waals surface area contributed by atoms with Gasteiger partial charge in [0.05, 0.1) is 5.02 Å². The Morgan fingerprint density at radius 2 is 1.95 bits per heavy atom. The molecule has 1 atom stereocenters. The number of nitrogens with one attached hydrogen (secondary N) is 1. The van der Waals surface area contributed by atoms with E-state index in [1.165, 1.54) is 45.4 Å². The lowest BCUT2D eigenvalue weighted by atomic mass is 9.96. The second-order valence-electron chi connectivity index (χ2n) is 6.27. The summed E-state index contributed by atoms with van der Waals surface area (Å²) in [6.45, 7) is 5.83. The number of hydrogen-bond acceptors (Lipinski definition) is 3. The van der Waals surface area contributed by atoms with Gasteiger partial charge < -0.3 is 10.1 Å². The molecule has 0 aliphatic carbocycles. The first kappa shape index (κ1) is 17.9. The van der Waals surface area contributed by atoms with Crippen LogP contribution in [0.2, 0.25) is 5.02 Å². The van der Waals surface area contributed by atoms with Crippen LogP contribution in [-0.2, 0) is 0 Å². The smallest absolute Gasteiger partial charge is 0.138 e. The van der Waals surface area contributed by atoms with E-state index in [0.717, 1.165) is 24.6 Å². The fraction of sp³-hybridized carbons (Fsp3) is 0.647. The standard InChI is InChI=1S/C17H25ClN2O.ClH/c18-16-5-1-2-6-17(16)21-15-4-3-11-20(13-15)12-14-7-9-19-10-8-14;/h1-2,5-6,14-15,19H,3-4,7-13H2;1H. The monoisotopic (exact) mass is 344 g/mol. The van der Waals surface area contributed by atoms with Crippen LogP contribution < -0.4 is 10.1 Å². The molecule has 0 amide bonds. The molecule has 2 saturated heterocycles. The average Bonchev–Trinajstić information content (AvgIpc) is 2.51. The van der Waals surface area contributed by atoms with Crippen molar-refractivity contribution in [3.05, 3.63) is 29.3 Å². The van der Waals surface area contributed by atoms with Crippen LogP contribution in [0.4, 0.5) is 0 Å². The molecule has 22 heavy (non-hydrogen) atoms. The maximum atomic E-state index is 6.19. The molecule has 1 aromatic rings. The van der Waals surface area contributed by atoms with Gasteiger partial charge in [-0.15, -0.1) is 12.4 Å². The van der Waals surface area contributed by atoms with Gasteiger partial charge in [-0.2, -0.15) is 0 Å². The fourth-order valence-electron chi connectivity index (χ4n) is 3.42. The number of nitrogens with zero attached hydrogens (tertiary/aromatic N) is 1. The summed E-state index contributed by atoms with van der Waals surface area (Å²) in [6, 6.07) is 7.79. The van der Waals surface area contributed by atoms with E-state index in [1.807, 2.05) is 24.3 Å². The Balaban J connectivity index is 0.00000176. The van der Waals surface area contributed by atoms with Crippen molar-refractivity contribution >= 4 is 24.0 Å². The van der Waals surface area contributed by atoms with E-state index in [9.17, 15) is 0 Å². The number of likely N-dealkylation sites (tertiary alicyclic amines) is 1. The van der Waals surface area contributed by atoms with Crippen molar-refractivity contribution < 1.29 is 4.74 Å². The van der Waals surface area contributed by atoms with E-state index in [1.54, 1.807) is 0 Å². The van der Waals surface area contributed by atoms with Crippen LogP contribution >= 0.6 is 24.0 Å². The maximum Gasteiger partial charge on any atom is 0.138 e. The average molecular weight is 345 g/mol. The van der Waals surface area contributed by atoms with Crippen LogP contribution in [0.15, 0.2) is 24.3 Å². The highest BCUT2D eigenvalue weighted by Gasteiger charge is 2.24. The first-order valence-corrected chi connectivity index (χ1v) is 8.53. The van der Waals surface area contributed by atoms with Crippen molar-refractivity contribution in [3.63, 3.8) is 0 Å². The van der Waals surface area contributed by atoms with Crippen LogP contribution in [0.25, 0.3) is 0 Å². The Morgan fingerprint density at radius 1 is 1.18 bits per heavy atom. The molecular formula is C17H26Cl2N2O. The minimum absolute atomic E-state index is 0. The molecule has 2 heterocycles. The summed E-state index contributed by atoms with van der Waals surface area (Å²) in [5.41, 5.74) is 0. The highest BCUT2D eigenvalue weighted by Crippen LogP contribution is 2.27. The van der Waals surface area contributed by atoms with Gasteiger partial charge in [0.2, 0.25) is 0 Å².